The van der Waals surface area contributed by atoms with Gasteiger partial charge in [-0.2, -0.15) is 0 Å². The van der Waals surface area contributed by atoms with Crippen LogP contribution in [0.2, 0.25) is 0 Å². The van der Waals surface area contributed by atoms with Gasteiger partial charge in [0.1, 0.15) is 0 Å². The second-order valence-electron chi connectivity index (χ2n) is 1.18. The van der Waals surface area contributed by atoms with Gasteiger partial charge in [0.05, 0.1) is 11.9 Å². The van der Waals surface area contributed by atoms with Crippen LogP contribution in [0, 0.1) is 0 Å². The minimum atomic E-state index is 0.137. The summed E-state index contributed by atoms with van der Waals surface area (Å²) in [7, 11) is 0. The maximum atomic E-state index is 5.41. The molecule has 2 N–H and O–H groups in total. The monoisotopic (exact) mass is 118 g/mol. The number of hydrogen-bond donors (Lipinski definition) is 1. The van der Waals surface area contributed by atoms with Crippen molar-refractivity contribution in [3.8, 4) is 0 Å². The van der Waals surface area contributed by atoms with E-state index < -0.39 is 0 Å². The van der Waals surface area contributed by atoms with Gasteiger partial charge in [0.25, 0.3) is 0 Å². The van der Waals surface area contributed by atoms with Crippen LogP contribution in [0.25, 0.3) is 0 Å². The smallest absolute Gasteiger partial charge is 0.0702 e. The molecule has 0 fully saturated rings. The topological polar surface area (TPSA) is 38.4 Å². The lowest BCUT2D eigenvalue weighted by molar-refractivity contribution is 0.922. The Kier molecular flexibility index (Phi) is 4.14. The highest BCUT2D eigenvalue weighted by atomic mass is 32.2. The Labute approximate surface area is 48.2 Å². The van der Waals surface area contributed by atoms with Gasteiger partial charge >= 0.3 is 0 Å². The third-order valence-electron chi connectivity index (χ3n) is 0.612. The molecule has 0 aliphatic rings. The van der Waals surface area contributed by atoms with Gasteiger partial charge in [-0.15, -0.1) is 11.8 Å². The van der Waals surface area contributed by atoms with E-state index in [9.17, 15) is 0 Å². The Hall–Kier alpha value is -0.0200. The summed E-state index contributed by atoms with van der Waals surface area (Å²) in [6.45, 7) is 3.96. The summed E-state index contributed by atoms with van der Waals surface area (Å²) >= 11 is 1.59. The van der Waals surface area contributed by atoms with Crippen LogP contribution in [-0.2, 0) is 0 Å². The maximum absolute atomic E-state index is 5.41. The van der Waals surface area contributed by atoms with Crippen LogP contribution < -0.4 is 5.73 Å². The van der Waals surface area contributed by atoms with Crippen molar-refractivity contribution in [1.82, 2.24) is 0 Å². The van der Waals surface area contributed by atoms with Gasteiger partial charge < -0.3 is 5.73 Å². The first-order valence-corrected chi connectivity index (χ1v) is 3.31. The third kappa shape index (κ3) is 3.82. The van der Waals surface area contributed by atoms with Crippen LogP contribution in [0.5, 0.6) is 0 Å². The molecule has 7 heavy (non-hydrogen) atoms. The Balaban J connectivity index is 2.98. The zero-order valence-corrected chi connectivity index (χ0v) is 5.24. The summed E-state index contributed by atoms with van der Waals surface area (Å²) in [5.41, 5.74) is 5.41. The third-order valence-corrected chi connectivity index (χ3v) is 1.37. The van der Waals surface area contributed by atoms with Crippen molar-refractivity contribution in [1.29, 1.82) is 0 Å². The molecule has 1 unspecified atom stereocenters. The minimum Gasteiger partial charge on any atom is -0.318 e. The van der Waals surface area contributed by atoms with Crippen molar-refractivity contribution in [2.24, 2.45) is 10.7 Å². The van der Waals surface area contributed by atoms with Crippen LogP contribution in [0.15, 0.2) is 4.99 Å². The average molecular weight is 118 g/mol. The lowest BCUT2D eigenvalue weighted by atomic mass is 10.7. The highest BCUT2D eigenvalue weighted by Gasteiger charge is 1.92. The molecular weight excluding hydrogens is 108 g/mol. The SMILES string of the molecule is C=NCC(N)SC. The number of nitrogens with two attached hydrogens (primary N) is 1. The van der Waals surface area contributed by atoms with E-state index in [1.165, 1.54) is 0 Å². The lowest BCUT2D eigenvalue weighted by Crippen LogP contribution is -2.17. The molecule has 0 bridgehead atoms. The predicted molar refractivity (Wildman–Crippen MR) is 35.9 cm³/mol. The first-order valence-electron chi connectivity index (χ1n) is 2.02. The van der Waals surface area contributed by atoms with Crippen LogP contribution in [-0.4, -0.2) is 24.9 Å². The van der Waals surface area contributed by atoms with Crippen molar-refractivity contribution in [3.63, 3.8) is 0 Å². The zero-order valence-electron chi connectivity index (χ0n) is 4.42. The zero-order chi connectivity index (χ0) is 5.70. The summed E-state index contributed by atoms with van der Waals surface area (Å²) in [5.74, 6) is 0. The van der Waals surface area contributed by atoms with E-state index in [-0.39, 0.29) is 5.37 Å². The van der Waals surface area contributed by atoms with Gasteiger partial charge in [-0.25, -0.2) is 0 Å². The second kappa shape index (κ2) is 4.15. The van der Waals surface area contributed by atoms with Crippen LogP contribution in [0.4, 0.5) is 0 Å². The van der Waals surface area contributed by atoms with E-state index >= 15 is 0 Å². The molecule has 0 rings (SSSR count). The molecule has 0 saturated heterocycles. The van der Waals surface area contributed by atoms with Gasteiger partial charge in [0, 0.05) is 0 Å². The maximum Gasteiger partial charge on any atom is 0.0702 e. The van der Waals surface area contributed by atoms with E-state index in [0.29, 0.717) is 6.54 Å². The summed E-state index contributed by atoms with van der Waals surface area (Å²) < 4.78 is 0. The second-order valence-corrected chi connectivity index (χ2v) is 2.26. The molecule has 1 atom stereocenters. The largest absolute Gasteiger partial charge is 0.318 e. The van der Waals surface area contributed by atoms with Crippen molar-refractivity contribution in [2.75, 3.05) is 12.8 Å². The Morgan fingerprint density at radius 3 is 2.71 bits per heavy atom. The van der Waals surface area contributed by atoms with Crippen LogP contribution in [0.1, 0.15) is 0 Å². The molecule has 42 valence electrons. The number of thioether (sulfide) groups is 1. The normalized spacial score (nSPS) is 13.4. The van der Waals surface area contributed by atoms with Crippen molar-refractivity contribution in [2.45, 2.75) is 5.37 Å². The van der Waals surface area contributed by atoms with E-state index in [4.69, 9.17) is 5.73 Å². The van der Waals surface area contributed by atoms with Crippen molar-refractivity contribution < 1.29 is 0 Å². The first kappa shape index (κ1) is 6.98. The standard InChI is InChI=1S/C4H10N2S/c1-6-3-4(5)7-2/h4H,1,3,5H2,2H3. The van der Waals surface area contributed by atoms with Crippen molar-refractivity contribution >= 4 is 18.5 Å². The quantitative estimate of drug-likeness (QED) is 0.428. The molecule has 0 aliphatic heterocycles. The molecule has 0 amide bonds. The van der Waals surface area contributed by atoms with Gasteiger partial charge in [-0.05, 0) is 13.0 Å². The molecular formula is C4H10N2S. The van der Waals surface area contributed by atoms with E-state index in [1.54, 1.807) is 11.8 Å². The lowest BCUT2D eigenvalue weighted by Gasteiger charge is -2.00. The molecule has 0 aromatic rings. The molecule has 0 saturated carbocycles. The average Bonchev–Trinajstić information content (AvgIpc) is 1.68. The van der Waals surface area contributed by atoms with E-state index in [1.807, 2.05) is 6.26 Å². The molecule has 0 heterocycles. The van der Waals surface area contributed by atoms with Gasteiger partial charge in [-0.1, -0.05) is 0 Å². The van der Waals surface area contributed by atoms with Gasteiger partial charge in [-0.3, -0.25) is 4.99 Å². The Morgan fingerprint density at radius 1 is 2.00 bits per heavy atom. The summed E-state index contributed by atoms with van der Waals surface area (Å²) in [6, 6.07) is 0. The molecule has 0 spiro atoms. The highest BCUT2D eigenvalue weighted by molar-refractivity contribution is 7.99. The van der Waals surface area contributed by atoms with Crippen LogP contribution in [0.3, 0.4) is 0 Å². The van der Waals surface area contributed by atoms with Crippen LogP contribution >= 0.6 is 11.8 Å². The number of hydrogen-bond acceptors (Lipinski definition) is 3. The molecule has 0 aromatic heterocycles. The Morgan fingerprint density at radius 2 is 2.57 bits per heavy atom. The predicted octanol–water partition coefficient (Wildman–Crippen LogP) is 0.335. The Bertz CT molecular complexity index is 55.7. The van der Waals surface area contributed by atoms with Gasteiger partial charge in [0.15, 0.2) is 0 Å². The summed E-state index contributed by atoms with van der Waals surface area (Å²) in [5, 5.41) is 0.137. The minimum absolute atomic E-state index is 0.137. The fraction of sp³-hybridized carbons (Fsp3) is 0.750. The fourth-order valence-corrected chi connectivity index (χ4v) is 0.456. The molecule has 2 nitrogen and oxygen atoms in total. The van der Waals surface area contributed by atoms with Gasteiger partial charge in [0.2, 0.25) is 0 Å². The first-order chi connectivity index (χ1) is 3.31. The summed E-state index contributed by atoms with van der Waals surface area (Å²) in [4.78, 5) is 3.61. The van der Waals surface area contributed by atoms with E-state index in [0.717, 1.165) is 0 Å². The number of nitrogens with zero attached hydrogens (tertiary/aromatic N) is 1. The van der Waals surface area contributed by atoms with E-state index in [2.05, 4.69) is 11.7 Å². The van der Waals surface area contributed by atoms with Crippen molar-refractivity contribution in [3.05, 3.63) is 0 Å². The molecule has 3 heteroatoms. The fourth-order valence-electron chi connectivity index (χ4n) is 0.202. The molecule has 0 aromatic carbocycles. The molecule has 0 aliphatic carbocycles. The molecule has 0 radical (unpaired) electrons. The number of rotatable bonds is 3. The summed E-state index contributed by atoms with van der Waals surface area (Å²) in [6.07, 6.45) is 1.95. The highest BCUT2D eigenvalue weighted by Crippen LogP contribution is 1.96. The number of aliphatic imine (C=N–C) groups is 1.